The molecule has 0 saturated heterocycles. The lowest BCUT2D eigenvalue weighted by molar-refractivity contribution is -0.385. The molecule has 0 radical (unpaired) electrons. The fourth-order valence-corrected chi connectivity index (χ4v) is 3.07. The van der Waals surface area contributed by atoms with Crippen molar-refractivity contribution in [2.75, 3.05) is 33.2 Å². The number of anilines is 1. The van der Waals surface area contributed by atoms with Crippen molar-refractivity contribution in [1.29, 1.82) is 0 Å². The molecule has 0 fully saturated rings. The molecule has 36 heavy (non-hydrogen) atoms. The number of hydrogen-bond acceptors (Lipinski definition) is 9. The lowest BCUT2D eigenvalue weighted by Crippen LogP contribution is -1.99. The maximum absolute atomic E-state index is 11.2. The molecule has 0 atom stereocenters. The van der Waals surface area contributed by atoms with Crippen LogP contribution >= 0.6 is 23.2 Å². The van der Waals surface area contributed by atoms with Crippen LogP contribution in [0.3, 0.4) is 0 Å². The van der Waals surface area contributed by atoms with Gasteiger partial charge in [-0.2, -0.15) is 0 Å². The van der Waals surface area contributed by atoms with E-state index >= 15 is 0 Å². The number of halogens is 2. The Morgan fingerprint density at radius 2 is 1.33 bits per heavy atom. The maximum Gasteiger partial charge on any atom is 0.330 e. The van der Waals surface area contributed by atoms with E-state index in [2.05, 4.69) is 0 Å². The normalized spacial score (nSPS) is 10.5. The molecular weight excluding hydrogens is 515 g/mol. The van der Waals surface area contributed by atoms with Crippen LogP contribution in [0.1, 0.15) is 25.0 Å². The SMILES string of the molecule is CCOC(=O)/C=C/c1cc(OC)c(Cl)cc1N.CCOC(=O)/C=C/c1cc(OC)c(Cl)cc1[N+](=O)[O-]. The first kappa shape index (κ1) is 30.3. The molecule has 10 nitrogen and oxygen atoms in total. The molecule has 2 N–H and O–H groups in total. The Balaban J connectivity index is 0.000000362. The summed E-state index contributed by atoms with van der Waals surface area (Å²) >= 11 is 11.7. The molecule has 194 valence electrons. The summed E-state index contributed by atoms with van der Waals surface area (Å²) in [6, 6.07) is 5.79. The highest BCUT2D eigenvalue weighted by Gasteiger charge is 2.16. The van der Waals surface area contributed by atoms with Crippen LogP contribution in [0.4, 0.5) is 11.4 Å². The van der Waals surface area contributed by atoms with Gasteiger partial charge in [0.25, 0.3) is 5.69 Å². The largest absolute Gasteiger partial charge is 0.495 e. The lowest BCUT2D eigenvalue weighted by Gasteiger charge is -2.06. The zero-order valence-corrected chi connectivity index (χ0v) is 21.6. The third-order valence-electron chi connectivity index (χ3n) is 4.23. The molecule has 0 aliphatic rings. The molecule has 0 aliphatic carbocycles. The molecule has 0 heterocycles. The van der Waals surface area contributed by atoms with Crippen molar-refractivity contribution in [3.63, 3.8) is 0 Å². The van der Waals surface area contributed by atoms with Crippen LogP contribution in [0, 0.1) is 10.1 Å². The number of nitrogens with two attached hydrogens (primary N) is 1. The average molecular weight is 541 g/mol. The first-order valence-electron chi connectivity index (χ1n) is 10.4. The summed E-state index contributed by atoms with van der Waals surface area (Å²) in [5.41, 5.74) is 6.87. The molecule has 2 aromatic carbocycles. The van der Waals surface area contributed by atoms with Gasteiger partial charge in [-0.1, -0.05) is 23.2 Å². The van der Waals surface area contributed by atoms with Crippen molar-refractivity contribution in [2.24, 2.45) is 0 Å². The lowest BCUT2D eigenvalue weighted by atomic mass is 10.1. The van der Waals surface area contributed by atoms with Gasteiger partial charge in [0.2, 0.25) is 0 Å². The van der Waals surface area contributed by atoms with Crippen molar-refractivity contribution in [2.45, 2.75) is 13.8 Å². The van der Waals surface area contributed by atoms with Crippen molar-refractivity contribution < 1.29 is 33.5 Å². The number of carbonyl (C=O) groups is 2. The summed E-state index contributed by atoms with van der Waals surface area (Å²) < 4.78 is 19.5. The Morgan fingerprint density at radius 1 is 0.889 bits per heavy atom. The molecule has 12 heteroatoms. The van der Waals surface area contributed by atoms with Crippen molar-refractivity contribution >= 4 is 58.7 Å². The summed E-state index contributed by atoms with van der Waals surface area (Å²) in [6.07, 6.45) is 5.27. The number of rotatable bonds is 9. The van der Waals surface area contributed by atoms with Crippen LogP contribution in [0.5, 0.6) is 11.5 Å². The van der Waals surface area contributed by atoms with Crippen LogP contribution < -0.4 is 15.2 Å². The smallest absolute Gasteiger partial charge is 0.330 e. The quantitative estimate of drug-likeness (QED) is 0.146. The molecule has 2 aromatic rings. The summed E-state index contributed by atoms with van der Waals surface area (Å²) in [7, 11) is 2.90. The van der Waals surface area contributed by atoms with Crippen LogP contribution in [0.25, 0.3) is 12.2 Å². The maximum atomic E-state index is 11.2. The average Bonchev–Trinajstić information content (AvgIpc) is 2.83. The van der Waals surface area contributed by atoms with Crippen molar-refractivity contribution in [1.82, 2.24) is 0 Å². The van der Waals surface area contributed by atoms with Crippen LogP contribution in [-0.2, 0) is 19.1 Å². The van der Waals surface area contributed by atoms with Crippen molar-refractivity contribution in [3.8, 4) is 11.5 Å². The molecular formula is C24H26Cl2N2O8. The molecule has 0 bridgehead atoms. The molecule has 0 aromatic heterocycles. The fraction of sp³-hybridized carbons (Fsp3) is 0.250. The van der Waals surface area contributed by atoms with Crippen LogP contribution in [0.2, 0.25) is 10.0 Å². The molecule has 2 rings (SSSR count). The minimum atomic E-state index is -0.587. The number of ether oxygens (including phenoxy) is 4. The Morgan fingerprint density at radius 3 is 1.78 bits per heavy atom. The monoisotopic (exact) mass is 540 g/mol. The molecule has 0 amide bonds. The van der Waals surface area contributed by atoms with Gasteiger partial charge in [-0.05, 0) is 44.2 Å². The molecule has 0 unspecified atom stereocenters. The summed E-state index contributed by atoms with van der Waals surface area (Å²) in [5, 5.41) is 11.5. The predicted octanol–water partition coefficient (Wildman–Crippen LogP) is 5.34. The van der Waals surface area contributed by atoms with Crippen LogP contribution in [0.15, 0.2) is 36.4 Å². The number of carbonyl (C=O) groups excluding carboxylic acids is 2. The molecule has 0 aliphatic heterocycles. The minimum Gasteiger partial charge on any atom is -0.495 e. The Bertz CT molecular complexity index is 1150. The van der Waals surface area contributed by atoms with Crippen LogP contribution in [-0.4, -0.2) is 44.3 Å². The summed E-state index contributed by atoms with van der Waals surface area (Å²) in [5.74, 6) is -0.202. The van der Waals surface area contributed by atoms with E-state index < -0.39 is 16.9 Å². The van der Waals surface area contributed by atoms with Gasteiger partial charge in [0.05, 0.1) is 48.0 Å². The zero-order valence-electron chi connectivity index (χ0n) is 20.1. The number of hydrogen-bond donors (Lipinski definition) is 1. The second-order valence-corrected chi connectivity index (χ2v) is 7.40. The second-order valence-electron chi connectivity index (χ2n) is 6.59. The summed E-state index contributed by atoms with van der Waals surface area (Å²) in [4.78, 5) is 32.6. The third-order valence-corrected chi connectivity index (χ3v) is 4.82. The molecule has 0 saturated carbocycles. The van der Waals surface area contributed by atoms with E-state index in [0.717, 1.165) is 6.08 Å². The highest BCUT2D eigenvalue weighted by molar-refractivity contribution is 6.32. The minimum absolute atomic E-state index is 0.127. The fourth-order valence-electron chi connectivity index (χ4n) is 2.59. The van der Waals surface area contributed by atoms with E-state index in [9.17, 15) is 19.7 Å². The van der Waals surface area contributed by atoms with Gasteiger partial charge in [-0.25, -0.2) is 9.59 Å². The number of methoxy groups -OCH3 is 2. The van der Waals surface area contributed by atoms with E-state index in [4.69, 9.17) is 47.9 Å². The van der Waals surface area contributed by atoms with Gasteiger partial charge < -0.3 is 24.7 Å². The Hall–Kier alpha value is -3.76. The van der Waals surface area contributed by atoms with E-state index in [-0.39, 0.29) is 28.6 Å². The number of benzene rings is 2. The van der Waals surface area contributed by atoms with Gasteiger partial charge in [0, 0.05) is 29.5 Å². The first-order chi connectivity index (χ1) is 17.1. The van der Waals surface area contributed by atoms with E-state index in [0.29, 0.717) is 28.6 Å². The Kier molecular flexibility index (Phi) is 12.8. The number of nitrogen functional groups attached to an aromatic ring is 1. The highest BCUT2D eigenvalue weighted by atomic mass is 35.5. The van der Waals surface area contributed by atoms with E-state index in [1.807, 2.05) is 0 Å². The van der Waals surface area contributed by atoms with Gasteiger partial charge in [-0.3, -0.25) is 10.1 Å². The third kappa shape index (κ3) is 9.47. The number of nitrogens with zero attached hydrogens (tertiary/aromatic N) is 1. The van der Waals surface area contributed by atoms with E-state index in [1.165, 1.54) is 38.5 Å². The first-order valence-corrected chi connectivity index (χ1v) is 11.2. The predicted molar refractivity (Wildman–Crippen MR) is 138 cm³/mol. The second kappa shape index (κ2) is 15.3. The zero-order chi connectivity index (χ0) is 27.3. The topological polar surface area (TPSA) is 140 Å². The standard InChI is InChI=1S/C12H12ClNO5.C12H14ClNO3/c1-3-19-12(15)5-4-8-6-11(18-2)9(13)7-10(8)14(16)17;1-3-17-12(15)5-4-8-6-11(16-2)9(13)7-10(8)14/h4-7H,3H2,1-2H3;4-7H,3,14H2,1-2H3/b2*5-4+. The number of esters is 2. The number of nitro benzene ring substituents is 1. The summed E-state index contributed by atoms with van der Waals surface area (Å²) in [6.45, 7) is 3.97. The van der Waals surface area contributed by atoms with Gasteiger partial charge >= 0.3 is 11.9 Å². The van der Waals surface area contributed by atoms with Gasteiger partial charge in [0.1, 0.15) is 11.5 Å². The van der Waals surface area contributed by atoms with E-state index in [1.54, 1.807) is 32.1 Å². The van der Waals surface area contributed by atoms with Crippen molar-refractivity contribution in [3.05, 3.63) is 67.7 Å². The number of nitro groups is 1. The Labute approximate surface area is 218 Å². The van der Waals surface area contributed by atoms with Gasteiger partial charge in [0.15, 0.2) is 0 Å². The van der Waals surface area contributed by atoms with Gasteiger partial charge in [-0.15, -0.1) is 0 Å². The molecule has 0 spiro atoms. The highest BCUT2D eigenvalue weighted by Crippen LogP contribution is 2.33.